The fraction of sp³-hybridized carbons (Fsp3) is 0.440. The van der Waals surface area contributed by atoms with Crippen molar-refractivity contribution in [3.8, 4) is 11.5 Å². The van der Waals surface area contributed by atoms with Gasteiger partial charge in [-0.15, -0.1) is 0 Å². The molecule has 0 aliphatic carbocycles. The second kappa shape index (κ2) is 11.6. The molecule has 1 aliphatic heterocycles. The van der Waals surface area contributed by atoms with Gasteiger partial charge < -0.3 is 29.9 Å². The summed E-state index contributed by atoms with van der Waals surface area (Å²) in [5.41, 5.74) is 2.44. The lowest BCUT2D eigenvalue weighted by atomic mass is 10.1. The quantitative estimate of drug-likeness (QED) is 0.537. The van der Waals surface area contributed by atoms with Crippen molar-refractivity contribution in [3.05, 3.63) is 47.5 Å². The Balaban J connectivity index is 1.80. The van der Waals surface area contributed by atoms with Crippen molar-refractivity contribution in [3.63, 3.8) is 0 Å². The minimum atomic E-state index is -0.307. The van der Waals surface area contributed by atoms with E-state index in [1.165, 1.54) is 14.2 Å². The van der Waals surface area contributed by atoms with Crippen molar-refractivity contribution in [1.29, 1.82) is 0 Å². The lowest BCUT2D eigenvalue weighted by Gasteiger charge is -2.22. The van der Waals surface area contributed by atoms with Crippen LogP contribution in [-0.2, 0) is 0 Å². The molecule has 1 aliphatic rings. The Bertz CT molecular complexity index is 949. The highest BCUT2D eigenvalue weighted by Gasteiger charge is 2.21. The van der Waals surface area contributed by atoms with Gasteiger partial charge in [0.05, 0.1) is 19.8 Å². The van der Waals surface area contributed by atoms with Gasteiger partial charge in [-0.25, -0.2) is 0 Å². The number of methoxy groups -OCH3 is 2. The summed E-state index contributed by atoms with van der Waals surface area (Å²) >= 11 is 0. The van der Waals surface area contributed by atoms with E-state index in [1.54, 1.807) is 24.3 Å². The number of hydrogen-bond donors (Lipinski definition) is 2. The number of benzene rings is 2. The largest absolute Gasteiger partial charge is 0.497 e. The first kappa shape index (κ1) is 24.4. The van der Waals surface area contributed by atoms with Crippen LogP contribution in [-0.4, -0.2) is 71.2 Å². The molecule has 1 heterocycles. The lowest BCUT2D eigenvalue weighted by molar-refractivity contribution is 0.0951. The zero-order valence-corrected chi connectivity index (χ0v) is 19.9. The zero-order chi connectivity index (χ0) is 23.8. The van der Waals surface area contributed by atoms with Gasteiger partial charge in [-0.05, 0) is 70.2 Å². The van der Waals surface area contributed by atoms with E-state index in [0.717, 1.165) is 44.6 Å². The highest BCUT2D eigenvalue weighted by atomic mass is 16.5. The third-order valence-electron chi connectivity index (χ3n) is 5.63. The molecule has 0 radical (unpaired) electrons. The molecule has 0 spiro atoms. The van der Waals surface area contributed by atoms with E-state index in [0.29, 0.717) is 34.9 Å². The van der Waals surface area contributed by atoms with Crippen LogP contribution >= 0.6 is 0 Å². The number of nitrogens with one attached hydrogen (secondary N) is 2. The van der Waals surface area contributed by atoms with Crippen molar-refractivity contribution in [2.24, 2.45) is 0 Å². The van der Waals surface area contributed by atoms with Crippen LogP contribution in [0.15, 0.2) is 36.4 Å². The Morgan fingerprint density at radius 1 is 0.970 bits per heavy atom. The van der Waals surface area contributed by atoms with Crippen LogP contribution in [0.4, 0.5) is 11.4 Å². The van der Waals surface area contributed by atoms with Crippen LogP contribution in [0.1, 0.15) is 40.0 Å². The van der Waals surface area contributed by atoms with Crippen LogP contribution in [0.5, 0.6) is 11.5 Å². The molecule has 3 rings (SSSR count). The number of amides is 2. The molecule has 1 saturated heterocycles. The van der Waals surface area contributed by atoms with Crippen LogP contribution in [0, 0.1) is 0 Å². The number of anilines is 2. The molecule has 8 heteroatoms. The predicted octanol–water partition coefficient (Wildman–Crippen LogP) is 3.24. The molecule has 0 saturated carbocycles. The molecule has 0 aromatic heterocycles. The molecule has 8 nitrogen and oxygen atoms in total. The summed E-state index contributed by atoms with van der Waals surface area (Å²) in [4.78, 5) is 30.3. The van der Waals surface area contributed by atoms with Crippen molar-refractivity contribution < 1.29 is 19.1 Å². The lowest BCUT2D eigenvalue weighted by Crippen LogP contribution is -2.29. The summed E-state index contributed by atoms with van der Waals surface area (Å²) in [7, 11) is 7.10. The minimum Gasteiger partial charge on any atom is -0.497 e. The van der Waals surface area contributed by atoms with Gasteiger partial charge in [0.25, 0.3) is 11.8 Å². The smallest absolute Gasteiger partial charge is 0.255 e. The maximum absolute atomic E-state index is 13.0. The first-order valence-electron chi connectivity index (χ1n) is 11.3. The molecule has 0 bridgehead atoms. The Labute approximate surface area is 195 Å². The molecule has 0 atom stereocenters. The summed E-state index contributed by atoms with van der Waals surface area (Å²) in [5, 5.41) is 5.92. The third kappa shape index (κ3) is 6.61. The van der Waals surface area contributed by atoms with E-state index < -0.39 is 0 Å². The average Bonchev–Trinajstić information content (AvgIpc) is 3.36. The molecule has 0 unspecified atom stereocenters. The van der Waals surface area contributed by atoms with E-state index >= 15 is 0 Å². The molecular formula is C25H34N4O4. The molecule has 2 N–H and O–H groups in total. The van der Waals surface area contributed by atoms with E-state index in [1.807, 2.05) is 26.2 Å². The monoisotopic (exact) mass is 454 g/mol. The van der Waals surface area contributed by atoms with E-state index in [4.69, 9.17) is 9.47 Å². The standard InChI is InChI=1S/C25H34N4O4/c1-28(2)11-7-10-26-25(31)22-16-19(8-9-23(22)29-12-5-6-13-29)27-24(30)18-14-20(32-3)17-21(15-18)33-4/h8-9,14-17H,5-7,10-13H2,1-4H3,(H,26,31)(H,27,30). The van der Waals surface area contributed by atoms with Gasteiger partial charge in [-0.1, -0.05) is 0 Å². The molecule has 2 aromatic carbocycles. The summed E-state index contributed by atoms with van der Waals surface area (Å²) in [6.45, 7) is 3.35. The molecule has 33 heavy (non-hydrogen) atoms. The van der Waals surface area contributed by atoms with Crippen molar-refractivity contribution in [2.75, 3.05) is 64.7 Å². The predicted molar refractivity (Wildman–Crippen MR) is 131 cm³/mol. The van der Waals surface area contributed by atoms with Crippen molar-refractivity contribution >= 4 is 23.2 Å². The number of ether oxygens (including phenoxy) is 2. The Kier molecular flexibility index (Phi) is 8.54. The summed E-state index contributed by atoms with van der Waals surface area (Å²) < 4.78 is 10.5. The molecule has 2 aromatic rings. The van der Waals surface area contributed by atoms with Gasteiger partial charge in [0, 0.05) is 42.6 Å². The Morgan fingerprint density at radius 2 is 1.64 bits per heavy atom. The Morgan fingerprint density at radius 3 is 2.24 bits per heavy atom. The van der Waals surface area contributed by atoms with Gasteiger partial charge in [0.2, 0.25) is 0 Å². The number of carbonyl (C=O) groups is 2. The van der Waals surface area contributed by atoms with Crippen molar-refractivity contribution in [2.45, 2.75) is 19.3 Å². The van der Waals surface area contributed by atoms with Crippen LogP contribution < -0.4 is 25.0 Å². The number of rotatable bonds is 10. The summed E-state index contributed by atoms with van der Waals surface area (Å²) in [6, 6.07) is 10.5. The average molecular weight is 455 g/mol. The molecule has 2 amide bonds. The zero-order valence-electron chi connectivity index (χ0n) is 19.9. The summed E-state index contributed by atoms with van der Waals surface area (Å²) in [6.07, 6.45) is 3.09. The Hall–Kier alpha value is -3.26. The highest BCUT2D eigenvalue weighted by molar-refractivity contribution is 6.06. The van der Waals surface area contributed by atoms with Crippen LogP contribution in [0.25, 0.3) is 0 Å². The number of nitrogens with zero attached hydrogens (tertiary/aromatic N) is 2. The fourth-order valence-corrected chi connectivity index (χ4v) is 3.86. The van der Waals surface area contributed by atoms with E-state index in [9.17, 15) is 9.59 Å². The second-order valence-corrected chi connectivity index (χ2v) is 8.39. The van der Waals surface area contributed by atoms with Gasteiger partial charge in [0.15, 0.2) is 0 Å². The first-order chi connectivity index (χ1) is 15.9. The van der Waals surface area contributed by atoms with E-state index in [2.05, 4.69) is 20.4 Å². The number of carbonyl (C=O) groups excluding carboxylic acids is 2. The topological polar surface area (TPSA) is 83.1 Å². The minimum absolute atomic E-state index is 0.130. The van der Waals surface area contributed by atoms with Crippen LogP contribution in [0.2, 0.25) is 0 Å². The third-order valence-corrected chi connectivity index (χ3v) is 5.63. The van der Waals surface area contributed by atoms with Crippen molar-refractivity contribution in [1.82, 2.24) is 10.2 Å². The fourth-order valence-electron chi connectivity index (χ4n) is 3.86. The second-order valence-electron chi connectivity index (χ2n) is 8.39. The first-order valence-corrected chi connectivity index (χ1v) is 11.3. The molecule has 1 fully saturated rings. The van der Waals surface area contributed by atoms with Gasteiger partial charge in [0.1, 0.15) is 11.5 Å². The SMILES string of the molecule is COc1cc(OC)cc(C(=O)Nc2ccc(N3CCCC3)c(C(=O)NCCCN(C)C)c2)c1. The highest BCUT2D eigenvalue weighted by Crippen LogP contribution is 2.28. The number of hydrogen-bond acceptors (Lipinski definition) is 6. The van der Waals surface area contributed by atoms with Gasteiger partial charge in [-0.3, -0.25) is 9.59 Å². The summed E-state index contributed by atoms with van der Waals surface area (Å²) in [5.74, 6) is 0.622. The normalized spacial score (nSPS) is 13.2. The van der Waals surface area contributed by atoms with E-state index in [-0.39, 0.29) is 11.8 Å². The van der Waals surface area contributed by atoms with Crippen LogP contribution in [0.3, 0.4) is 0 Å². The maximum Gasteiger partial charge on any atom is 0.255 e. The van der Waals surface area contributed by atoms with Gasteiger partial charge >= 0.3 is 0 Å². The molecular weight excluding hydrogens is 420 g/mol. The molecule has 178 valence electrons. The maximum atomic E-state index is 13.0. The van der Waals surface area contributed by atoms with Gasteiger partial charge in [-0.2, -0.15) is 0 Å².